The second-order valence-electron chi connectivity index (χ2n) is 4.25. The lowest BCUT2D eigenvalue weighted by molar-refractivity contribution is -0.122. The minimum atomic E-state index is 0.0453. The summed E-state index contributed by atoms with van der Waals surface area (Å²) in [5, 5.41) is 8.71. The van der Waals surface area contributed by atoms with Crippen molar-refractivity contribution in [3.8, 4) is 6.07 Å². The molecule has 0 N–H and O–H groups in total. The van der Waals surface area contributed by atoms with Crippen LogP contribution in [0.1, 0.15) is 33.1 Å². The maximum absolute atomic E-state index is 12.4. The Morgan fingerprint density at radius 2 is 1.89 bits per heavy atom. The Bertz CT molecular complexity index is 404. The van der Waals surface area contributed by atoms with E-state index >= 15 is 0 Å². The third-order valence-corrected chi connectivity index (χ3v) is 3.12. The second-order valence-corrected chi connectivity index (χ2v) is 4.25. The van der Waals surface area contributed by atoms with E-state index in [1.165, 1.54) is 0 Å². The Hall–Kier alpha value is -1.82. The van der Waals surface area contributed by atoms with Gasteiger partial charge in [-0.15, -0.1) is 0 Å². The van der Waals surface area contributed by atoms with E-state index in [1.807, 2.05) is 44.2 Å². The fourth-order valence-corrected chi connectivity index (χ4v) is 1.99. The van der Waals surface area contributed by atoms with Crippen LogP contribution in [0.4, 0.5) is 5.69 Å². The van der Waals surface area contributed by atoms with Gasteiger partial charge in [0.2, 0.25) is 5.91 Å². The topological polar surface area (TPSA) is 44.1 Å². The van der Waals surface area contributed by atoms with Crippen LogP contribution >= 0.6 is 0 Å². The van der Waals surface area contributed by atoms with E-state index in [0.29, 0.717) is 13.0 Å². The third kappa shape index (κ3) is 3.59. The van der Waals surface area contributed by atoms with Gasteiger partial charge in [0.05, 0.1) is 12.5 Å². The molecule has 96 valence electrons. The molecule has 0 atom stereocenters. The van der Waals surface area contributed by atoms with E-state index < -0.39 is 0 Å². The highest BCUT2D eigenvalue weighted by Crippen LogP contribution is 2.19. The fraction of sp³-hybridized carbons (Fsp3) is 0.467. The van der Waals surface area contributed by atoms with Crippen LogP contribution in [-0.2, 0) is 4.79 Å². The van der Waals surface area contributed by atoms with Gasteiger partial charge in [-0.25, -0.2) is 0 Å². The van der Waals surface area contributed by atoms with Crippen LogP contribution in [0.15, 0.2) is 30.3 Å². The number of nitrogens with zero attached hydrogens (tertiary/aromatic N) is 2. The molecule has 0 saturated carbocycles. The van der Waals surface area contributed by atoms with Gasteiger partial charge >= 0.3 is 0 Å². The summed E-state index contributed by atoms with van der Waals surface area (Å²) < 4.78 is 0. The van der Waals surface area contributed by atoms with Crippen LogP contribution in [0.5, 0.6) is 0 Å². The largest absolute Gasteiger partial charge is 0.311 e. The van der Waals surface area contributed by atoms with Crippen molar-refractivity contribution < 1.29 is 4.79 Å². The number of rotatable bonds is 6. The van der Waals surface area contributed by atoms with Crippen LogP contribution < -0.4 is 4.90 Å². The smallest absolute Gasteiger partial charge is 0.230 e. The summed E-state index contributed by atoms with van der Waals surface area (Å²) in [6.45, 7) is 4.52. The van der Waals surface area contributed by atoms with Gasteiger partial charge in [0, 0.05) is 18.2 Å². The molecule has 0 fully saturated rings. The van der Waals surface area contributed by atoms with E-state index in [9.17, 15) is 4.79 Å². The van der Waals surface area contributed by atoms with Crippen LogP contribution in [0, 0.1) is 17.2 Å². The third-order valence-electron chi connectivity index (χ3n) is 3.12. The van der Waals surface area contributed by atoms with Gasteiger partial charge in [0.1, 0.15) is 0 Å². The molecule has 0 aliphatic heterocycles. The van der Waals surface area contributed by atoms with Gasteiger partial charge in [-0.2, -0.15) is 5.26 Å². The lowest BCUT2D eigenvalue weighted by atomic mass is 10.0. The SMILES string of the molecule is CCC(CC)C(=O)N(CCC#N)c1ccccc1. The van der Waals surface area contributed by atoms with Crippen LogP contribution in [-0.4, -0.2) is 12.5 Å². The highest BCUT2D eigenvalue weighted by molar-refractivity contribution is 5.94. The monoisotopic (exact) mass is 244 g/mol. The molecule has 0 aromatic heterocycles. The predicted octanol–water partition coefficient (Wildman–Crippen LogP) is 3.37. The summed E-state index contributed by atoms with van der Waals surface area (Å²) in [6, 6.07) is 11.7. The first kappa shape index (κ1) is 14.2. The maximum atomic E-state index is 12.4. The van der Waals surface area contributed by atoms with Crippen molar-refractivity contribution in [2.24, 2.45) is 5.92 Å². The molecule has 1 amide bonds. The molecular formula is C15H20N2O. The highest BCUT2D eigenvalue weighted by Gasteiger charge is 2.22. The number of carbonyl (C=O) groups excluding carboxylic acids is 1. The maximum Gasteiger partial charge on any atom is 0.230 e. The number of hydrogen-bond donors (Lipinski definition) is 0. The van der Waals surface area contributed by atoms with Crippen LogP contribution in [0.2, 0.25) is 0 Å². The van der Waals surface area contributed by atoms with Gasteiger partial charge in [-0.3, -0.25) is 4.79 Å². The zero-order valence-corrected chi connectivity index (χ0v) is 11.1. The van der Waals surface area contributed by atoms with Crippen molar-refractivity contribution in [2.75, 3.05) is 11.4 Å². The summed E-state index contributed by atoms with van der Waals surface area (Å²) in [5.41, 5.74) is 0.879. The number of anilines is 1. The summed E-state index contributed by atoms with van der Waals surface area (Å²) in [4.78, 5) is 14.2. The molecule has 3 heteroatoms. The average Bonchev–Trinajstić information content (AvgIpc) is 2.42. The van der Waals surface area contributed by atoms with Gasteiger partial charge in [0.15, 0.2) is 0 Å². The van der Waals surface area contributed by atoms with E-state index in [4.69, 9.17) is 5.26 Å². The van der Waals surface area contributed by atoms with Crippen molar-refractivity contribution in [2.45, 2.75) is 33.1 Å². The summed E-state index contributed by atoms with van der Waals surface area (Å²) >= 11 is 0. The molecule has 1 aromatic carbocycles. The zero-order chi connectivity index (χ0) is 13.4. The first-order chi connectivity index (χ1) is 8.74. The Kier molecular flexibility index (Phi) is 5.93. The molecule has 0 spiro atoms. The average molecular weight is 244 g/mol. The van der Waals surface area contributed by atoms with Gasteiger partial charge < -0.3 is 4.90 Å². The molecule has 0 saturated heterocycles. The van der Waals surface area contributed by atoms with E-state index in [2.05, 4.69) is 6.07 Å². The quantitative estimate of drug-likeness (QED) is 0.770. The molecule has 0 unspecified atom stereocenters. The van der Waals surface area contributed by atoms with Crippen molar-refractivity contribution in [1.82, 2.24) is 0 Å². The number of benzene rings is 1. The Labute approximate surface area is 109 Å². The predicted molar refractivity (Wildman–Crippen MR) is 73.1 cm³/mol. The van der Waals surface area contributed by atoms with Crippen LogP contribution in [0.3, 0.4) is 0 Å². The van der Waals surface area contributed by atoms with Crippen molar-refractivity contribution in [1.29, 1.82) is 5.26 Å². The zero-order valence-electron chi connectivity index (χ0n) is 11.1. The molecule has 3 nitrogen and oxygen atoms in total. The molecule has 0 radical (unpaired) electrons. The normalized spacial score (nSPS) is 10.1. The number of nitriles is 1. The molecule has 0 aliphatic carbocycles. The van der Waals surface area contributed by atoms with Gasteiger partial charge in [-0.05, 0) is 25.0 Å². The van der Waals surface area contributed by atoms with Gasteiger partial charge in [-0.1, -0.05) is 32.0 Å². The molecular weight excluding hydrogens is 224 g/mol. The van der Waals surface area contributed by atoms with Crippen molar-refractivity contribution in [3.63, 3.8) is 0 Å². The number of para-hydroxylation sites is 1. The van der Waals surface area contributed by atoms with Gasteiger partial charge in [0.25, 0.3) is 0 Å². The Morgan fingerprint density at radius 3 is 2.39 bits per heavy atom. The number of hydrogen-bond acceptors (Lipinski definition) is 2. The minimum Gasteiger partial charge on any atom is -0.311 e. The summed E-state index contributed by atoms with van der Waals surface area (Å²) in [6.07, 6.45) is 2.04. The molecule has 1 rings (SSSR count). The Morgan fingerprint density at radius 1 is 1.28 bits per heavy atom. The molecule has 0 heterocycles. The molecule has 0 aliphatic rings. The number of carbonyl (C=O) groups is 1. The standard InChI is InChI=1S/C15H20N2O/c1-3-13(4-2)15(18)17(12-8-11-16)14-9-6-5-7-10-14/h5-7,9-10,13H,3-4,8,12H2,1-2H3. The van der Waals surface area contributed by atoms with E-state index in [0.717, 1.165) is 18.5 Å². The molecule has 0 bridgehead atoms. The number of amides is 1. The first-order valence-electron chi connectivity index (χ1n) is 6.47. The van der Waals surface area contributed by atoms with E-state index in [1.54, 1.807) is 4.90 Å². The van der Waals surface area contributed by atoms with E-state index in [-0.39, 0.29) is 11.8 Å². The lowest BCUT2D eigenvalue weighted by Gasteiger charge is -2.25. The first-order valence-corrected chi connectivity index (χ1v) is 6.47. The van der Waals surface area contributed by atoms with Crippen molar-refractivity contribution >= 4 is 11.6 Å². The Balaban J connectivity index is 2.92. The summed E-state index contributed by atoms with van der Waals surface area (Å²) in [5.74, 6) is 0.172. The van der Waals surface area contributed by atoms with Crippen molar-refractivity contribution in [3.05, 3.63) is 30.3 Å². The molecule has 18 heavy (non-hydrogen) atoms. The molecule has 1 aromatic rings. The summed E-state index contributed by atoms with van der Waals surface area (Å²) in [7, 11) is 0. The van der Waals surface area contributed by atoms with Crippen LogP contribution in [0.25, 0.3) is 0 Å². The second kappa shape index (κ2) is 7.50. The fourth-order valence-electron chi connectivity index (χ4n) is 1.99. The lowest BCUT2D eigenvalue weighted by Crippen LogP contribution is -2.36. The minimum absolute atomic E-state index is 0.0453. The highest BCUT2D eigenvalue weighted by atomic mass is 16.2.